The standard InChI is InChI=1S/C17H21NO3/c1-10-5-6-13-14(11(10)2)18(16(20)15(13)19)9-12-7-8-17(3,4)21-12/h5-6,12H,7-9H2,1-4H3. The fourth-order valence-electron chi connectivity index (χ4n) is 3.26. The van der Waals surface area contributed by atoms with Gasteiger partial charge in [-0.3, -0.25) is 9.59 Å². The topological polar surface area (TPSA) is 46.6 Å². The zero-order valence-electron chi connectivity index (χ0n) is 13.0. The highest BCUT2D eigenvalue weighted by molar-refractivity contribution is 6.52. The number of amides is 1. The minimum absolute atomic E-state index is 0.00242. The van der Waals surface area contributed by atoms with Crippen molar-refractivity contribution in [1.29, 1.82) is 0 Å². The van der Waals surface area contributed by atoms with Gasteiger partial charge in [-0.1, -0.05) is 6.07 Å². The molecule has 0 radical (unpaired) electrons. The number of hydrogen-bond donors (Lipinski definition) is 0. The van der Waals surface area contributed by atoms with Gasteiger partial charge >= 0.3 is 0 Å². The van der Waals surface area contributed by atoms with Gasteiger partial charge in [-0.15, -0.1) is 0 Å². The van der Waals surface area contributed by atoms with E-state index in [1.807, 2.05) is 19.9 Å². The average molecular weight is 287 g/mol. The van der Waals surface area contributed by atoms with Gasteiger partial charge in [0.05, 0.1) is 29.5 Å². The molecule has 1 fully saturated rings. The summed E-state index contributed by atoms with van der Waals surface area (Å²) in [6.45, 7) is 8.55. The number of hydrogen-bond acceptors (Lipinski definition) is 3. The van der Waals surface area contributed by atoms with Crippen molar-refractivity contribution in [3.05, 3.63) is 28.8 Å². The second kappa shape index (κ2) is 4.67. The monoisotopic (exact) mass is 287 g/mol. The number of rotatable bonds is 2. The van der Waals surface area contributed by atoms with Crippen LogP contribution in [0.2, 0.25) is 0 Å². The molecule has 21 heavy (non-hydrogen) atoms. The lowest BCUT2D eigenvalue weighted by molar-refractivity contribution is -0.114. The SMILES string of the molecule is Cc1ccc2c(c1C)N(CC1CCC(C)(C)O1)C(=O)C2=O. The second-order valence-corrected chi connectivity index (χ2v) is 6.69. The van der Waals surface area contributed by atoms with Crippen LogP contribution in [0.3, 0.4) is 0 Å². The molecule has 2 heterocycles. The van der Waals surface area contributed by atoms with Crippen molar-refractivity contribution < 1.29 is 14.3 Å². The van der Waals surface area contributed by atoms with Gasteiger partial charge in [0.15, 0.2) is 0 Å². The number of anilines is 1. The Morgan fingerprint density at radius 3 is 2.62 bits per heavy atom. The molecular weight excluding hydrogens is 266 g/mol. The molecule has 1 aromatic carbocycles. The highest BCUT2D eigenvalue weighted by atomic mass is 16.5. The summed E-state index contributed by atoms with van der Waals surface area (Å²) in [4.78, 5) is 26.1. The summed E-state index contributed by atoms with van der Waals surface area (Å²) in [6, 6.07) is 3.66. The molecule has 1 aromatic rings. The first-order chi connectivity index (χ1) is 9.80. The van der Waals surface area contributed by atoms with E-state index in [2.05, 4.69) is 13.8 Å². The van der Waals surface area contributed by atoms with Crippen molar-refractivity contribution in [2.75, 3.05) is 11.4 Å². The highest BCUT2D eigenvalue weighted by Crippen LogP contribution is 2.36. The summed E-state index contributed by atoms with van der Waals surface area (Å²) in [7, 11) is 0. The summed E-state index contributed by atoms with van der Waals surface area (Å²) >= 11 is 0. The predicted octanol–water partition coefficient (Wildman–Crippen LogP) is 2.79. The Kier molecular flexibility index (Phi) is 3.17. The summed E-state index contributed by atoms with van der Waals surface area (Å²) in [5.41, 5.74) is 3.26. The maximum Gasteiger partial charge on any atom is 0.299 e. The lowest BCUT2D eigenvalue weighted by Gasteiger charge is -2.25. The van der Waals surface area contributed by atoms with Crippen LogP contribution in [-0.2, 0) is 9.53 Å². The lowest BCUT2D eigenvalue weighted by atomic mass is 10.0. The first-order valence-electron chi connectivity index (χ1n) is 7.44. The second-order valence-electron chi connectivity index (χ2n) is 6.69. The van der Waals surface area contributed by atoms with Gasteiger partial charge in [0.25, 0.3) is 11.7 Å². The number of benzene rings is 1. The zero-order chi connectivity index (χ0) is 15.4. The highest BCUT2D eigenvalue weighted by Gasteiger charge is 2.40. The largest absolute Gasteiger partial charge is 0.370 e. The van der Waals surface area contributed by atoms with Crippen LogP contribution in [-0.4, -0.2) is 29.9 Å². The zero-order valence-corrected chi connectivity index (χ0v) is 13.0. The summed E-state index contributed by atoms with van der Waals surface area (Å²) < 4.78 is 5.97. The van der Waals surface area contributed by atoms with E-state index in [-0.39, 0.29) is 11.7 Å². The molecule has 0 bridgehead atoms. The number of ether oxygens (including phenoxy) is 1. The quantitative estimate of drug-likeness (QED) is 0.786. The van der Waals surface area contributed by atoms with E-state index in [1.54, 1.807) is 11.0 Å². The Balaban J connectivity index is 1.93. The maximum atomic E-state index is 12.3. The smallest absolute Gasteiger partial charge is 0.299 e. The molecule has 0 aliphatic carbocycles. The number of nitrogens with zero attached hydrogens (tertiary/aromatic N) is 1. The number of Topliss-reactive ketones (excluding diaryl/α,β-unsaturated/α-hetero) is 1. The number of ketones is 1. The first kappa shape index (κ1) is 14.3. The Morgan fingerprint density at radius 2 is 2.00 bits per heavy atom. The van der Waals surface area contributed by atoms with Gasteiger partial charge in [0.2, 0.25) is 0 Å². The molecule has 1 unspecified atom stereocenters. The van der Waals surface area contributed by atoms with Crippen LogP contribution in [0.5, 0.6) is 0 Å². The fourth-order valence-corrected chi connectivity index (χ4v) is 3.26. The Bertz CT molecular complexity index is 633. The van der Waals surface area contributed by atoms with Crippen molar-refractivity contribution in [3.8, 4) is 0 Å². The third kappa shape index (κ3) is 2.27. The summed E-state index contributed by atoms with van der Waals surface area (Å²) in [5.74, 6) is -0.822. The van der Waals surface area contributed by atoms with Crippen LogP contribution in [0.4, 0.5) is 5.69 Å². The molecule has 2 aliphatic heterocycles. The molecule has 4 nitrogen and oxygen atoms in total. The number of fused-ring (bicyclic) bond motifs is 1. The van der Waals surface area contributed by atoms with Crippen LogP contribution in [0.25, 0.3) is 0 Å². The number of carbonyl (C=O) groups excluding carboxylic acids is 2. The molecule has 112 valence electrons. The average Bonchev–Trinajstić information content (AvgIpc) is 2.87. The fraction of sp³-hybridized carbons (Fsp3) is 0.529. The van der Waals surface area contributed by atoms with Gasteiger partial charge < -0.3 is 9.64 Å². The Hall–Kier alpha value is -1.68. The van der Waals surface area contributed by atoms with E-state index < -0.39 is 11.7 Å². The normalized spacial score (nSPS) is 23.8. The van der Waals surface area contributed by atoms with Crippen molar-refractivity contribution in [3.63, 3.8) is 0 Å². The number of aryl methyl sites for hydroxylation is 1. The molecule has 3 rings (SSSR count). The van der Waals surface area contributed by atoms with E-state index in [4.69, 9.17) is 4.74 Å². The van der Waals surface area contributed by atoms with E-state index in [9.17, 15) is 9.59 Å². The summed E-state index contributed by atoms with van der Waals surface area (Å²) in [6.07, 6.45) is 1.90. The molecule has 1 amide bonds. The van der Waals surface area contributed by atoms with Crippen molar-refractivity contribution in [2.24, 2.45) is 0 Å². The molecule has 2 aliphatic rings. The van der Waals surface area contributed by atoms with Crippen LogP contribution in [0, 0.1) is 13.8 Å². The van der Waals surface area contributed by atoms with E-state index in [1.165, 1.54) is 0 Å². The molecule has 1 atom stereocenters. The molecule has 0 saturated carbocycles. The van der Waals surface area contributed by atoms with Crippen molar-refractivity contribution in [2.45, 2.75) is 52.2 Å². The predicted molar refractivity (Wildman–Crippen MR) is 80.8 cm³/mol. The van der Waals surface area contributed by atoms with Gasteiger partial charge in [0.1, 0.15) is 0 Å². The molecule has 1 saturated heterocycles. The number of carbonyl (C=O) groups is 2. The molecule has 0 N–H and O–H groups in total. The van der Waals surface area contributed by atoms with Crippen LogP contribution >= 0.6 is 0 Å². The lowest BCUT2D eigenvalue weighted by Crippen LogP contribution is -2.37. The van der Waals surface area contributed by atoms with Crippen LogP contribution < -0.4 is 4.90 Å². The van der Waals surface area contributed by atoms with Gasteiger partial charge in [-0.2, -0.15) is 0 Å². The van der Waals surface area contributed by atoms with Gasteiger partial charge in [0, 0.05) is 0 Å². The Morgan fingerprint density at radius 1 is 1.29 bits per heavy atom. The molecule has 4 heteroatoms. The molecular formula is C17H21NO3. The minimum atomic E-state index is -0.424. The van der Waals surface area contributed by atoms with Crippen molar-refractivity contribution >= 4 is 17.4 Å². The van der Waals surface area contributed by atoms with E-state index >= 15 is 0 Å². The van der Waals surface area contributed by atoms with Crippen molar-refractivity contribution in [1.82, 2.24) is 0 Å². The van der Waals surface area contributed by atoms with Gasteiger partial charge in [-0.05, 0) is 57.7 Å². The van der Waals surface area contributed by atoms with E-state index in [0.717, 1.165) is 29.7 Å². The Labute approximate surface area is 125 Å². The minimum Gasteiger partial charge on any atom is -0.370 e. The maximum absolute atomic E-state index is 12.3. The molecule has 0 spiro atoms. The van der Waals surface area contributed by atoms with E-state index in [0.29, 0.717) is 12.1 Å². The first-order valence-corrected chi connectivity index (χ1v) is 7.44. The van der Waals surface area contributed by atoms with Crippen LogP contribution in [0.15, 0.2) is 12.1 Å². The molecule has 0 aromatic heterocycles. The third-order valence-electron chi connectivity index (χ3n) is 4.60. The summed E-state index contributed by atoms with van der Waals surface area (Å²) in [5, 5.41) is 0. The third-order valence-corrected chi connectivity index (χ3v) is 4.60. The van der Waals surface area contributed by atoms with Gasteiger partial charge in [-0.25, -0.2) is 0 Å². The van der Waals surface area contributed by atoms with Crippen LogP contribution in [0.1, 0.15) is 48.2 Å².